The second-order valence-electron chi connectivity index (χ2n) is 2.57. The van der Waals surface area contributed by atoms with Crippen molar-refractivity contribution in [3.63, 3.8) is 0 Å². The number of halogens is 1. The molecule has 1 rings (SSSR count). The van der Waals surface area contributed by atoms with Gasteiger partial charge in [-0.15, -0.1) is 0 Å². The third-order valence-electron chi connectivity index (χ3n) is 1.68. The van der Waals surface area contributed by atoms with E-state index in [4.69, 9.17) is 9.47 Å². The molecule has 0 spiro atoms. The number of ether oxygens (including phenoxy) is 2. The quantitative estimate of drug-likeness (QED) is 0.745. The largest absolute Gasteiger partial charge is 0.492 e. The summed E-state index contributed by atoms with van der Waals surface area (Å²) in [5, 5.41) is 4.15. The highest BCUT2D eigenvalue weighted by atomic mass is 79.9. The summed E-state index contributed by atoms with van der Waals surface area (Å²) in [5.74, 6) is 0.761. The Hall–Kier alpha value is -0.550. The summed E-state index contributed by atoms with van der Waals surface area (Å²) in [7, 11) is 3.32. The highest BCUT2D eigenvalue weighted by Crippen LogP contribution is 2.23. The molecule has 0 amide bonds. The lowest BCUT2D eigenvalue weighted by Crippen LogP contribution is -2.03. The van der Waals surface area contributed by atoms with Crippen molar-refractivity contribution in [3.8, 4) is 5.75 Å². The number of rotatable bonds is 5. The average molecular weight is 249 g/mol. The van der Waals surface area contributed by atoms with Crippen molar-refractivity contribution in [1.29, 1.82) is 0 Å². The van der Waals surface area contributed by atoms with Crippen LogP contribution >= 0.6 is 15.9 Å². The van der Waals surface area contributed by atoms with Gasteiger partial charge in [0.15, 0.2) is 5.75 Å². The standard InChI is InChI=1S/C8H13BrN2O2/c1-12-5-3-4-11-8(9)7(13-2)6-10-11/h6H,3-5H2,1-2H3. The normalized spacial score (nSPS) is 10.4. The van der Waals surface area contributed by atoms with E-state index in [0.717, 1.165) is 29.9 Å². The van der Waals surface area contributed by atoms with Crippen LogP contribution < -0.4 is 4.74 Å². The Morgan fingerprint density at radius 2 is 2.31 bits per heavy atom. The highest BCUT2D eigenvalue weighted by molar-refractivity contribution is 9.10. The first-order valence-electron chi connectivity index (χ1n) is 4.03. The van der Waals surface area contributed by atoms with Crippen molar-refractivity contribution in [1.82, 2.24) is 9.78 Å². The molecule has 1 aromatic rings. The summed E-state index contributed by atoms with van der Waals surface area (Å²) in [6.45, 7) is 1.58. The maximum absolute atomic E-state index is 5.07. The Labute approximate surface area is 86.0 Å². The van der Waals surface area contributed by atoms with Crippen LogP contribution in [-0.4, -0.2) is 30.6 Å². The van der Waals surface area contributed by atoms with Gasteiger partial charge >= 0.3 is 0 Å². The monoisotopic (exact) mass is 248 g/mol. The molecule has 0 atom stereocenters. The molecule has 0 radical (unpaired) electrons. The second kappa shape index (κ2) is 5.24. The van der Waals surface area contributed by atoms with Crippen LogP contribution in [0.2, 0.25) is 0 Å². The molecule has 0 N–H and O–H groups in total. The number of hydrogen-bond donors (Lipinski definition) is 0. The van der Waals surface area contributed by atoms with Crippen molar-refractivity contribution in [2.75, 3.05) is 20.8 Å². The molecule has 0 fully saturated rings. The molecular weight excluding hydrogens is 236 g/mol. The van der Waals surface area contributed by atoms with Crippen LogP contribution in [0.5, 0.6) is 5.75 Å². The van der Waals surface area contributed by atoms with Gasteiger partial charge in [0, 0.05) is 20.3 Å². The summed E-state index contributed by atoms with van der Waals surface area (Å²) < 4.78 is 12.7. The molecule has 0 aromatic carbocycles. The zero-order chi connectivity index (χ0) is 9.68. The van der Waals surface area contributed by atoms with E-state index in [-0.39, 0.29) is 0 Å². The third-order valence-corrected chi connectivity index (χ3v) is 2.48. The first kappa shape index (κ1) is 10.5. The summed E-state index contributed by atoms with van der Waals surface area (Å²) in [6.07, 6.45) is 2.64. The van der Waals surface area contributed by atoms with Gasteiger partial charge in [0.05, 0.1) is 13.3 Å². The van der Waals surface area contributed by atoms with Gasteiger partial charge in [-0.05, 0) is 22.4 Å². The Kier molecular flexibility index (Phi) is 4.24. The van der Waals surface area contributed by atoms with Crippen LogP contribution in [0, 0.1) is 0 Å². The fraction of sp³-hybridized carbons (Fsp3) is 0.625. The zero-order valence-corrected chi connectivity index (χ0v) is 9.37. The van der Waals surface area contributed by atoms with E-state index in [1.165, 1.54) is 0 Å². The van der Waals surface area contributed by atoms with Gasteiger partial charge in [-0.3, -0.25) is 4.68 Å². The lowest BCUT2D eigenvalue weighted by molar-refractivity contribution is 0.188. The molecule has 0 unspecified atom stereocenters. The minimum absolute atomic E-state index is 0.745. The molecule has 0 aliphatic rings. The molecular formula is C8H13BrN2O2. The van der Waals surface area contributed by atoms with Crippen molar-refractivity contribution in [3.05, 3.63) is 10.8 Å². The van der Waals surface area contributed by atoms with Crippen molar-refractivity contribution in [2.45, 2.75) is 13.0 Å². The van der Waals surface area contributed by atoms with E-state index < -0.39 is 0 Å². The van der Waals surface area contributed by atoms with Crippen molar-refractivity contribution in [2.24, 2.45) is 0 Å². The number of aromatic nitrogens is 2. The number of hydrogen-bond acceptors (Lipinski definition) is 3. The van der Waals surface area contributed by atoms with Crippen LogP contribution in [0.4, 0.5) is 0 Å². The van der Waals surface area contributed by atoms with E-state index in [1.807, 2.05) is 4.68 Å². The van der Waals surface area contributed by atoms with Crippen molar-refractivity contribution >= 4 is 15.9 Å². The van der Waals surface area contributed by atoms with E-state index in [9.17, 15) is 0 Å². The first-order chi connectivity index (χ1) is 6.29. The van der Waals surface area contributed by atoms with Gasteiger partial charge in [0.25, 0.3) is 0 Å². The molecule has 74 valence electrons. The Morgan fingerprint density at radius 3 is 2.85 bits per heavy atom. The fourth-order valence-electron chi connectivity index (χ4n) is 1.00. The fourth-order valence-corrected chi connectivity index (χ4v) is 1.54. The van der Waals surface area contributed by atoms with Gasteiger partial charge in [-0.2, -0.15) is 5.10 Å². The van der Waals surface area contributed by atoms with Crippen LogP contribution in [-0.2, 0) is 11.3 Å². The summed E-state index contributed by atoms with van der Waals surface area (Å²) in [5.41, 5.74) is 0. The van der Waals surface area contributed by atoms with Crippen LogP contribution in [0.15, 0.2) is 10.8 Å². The van der Waals surface area contributed by atoms with Gasteiger partial charge in [-0.1, -0.05) is 0 Å². The Morgan fingerprint density at radius 1 is 1.54 bits per heavy atom. The third kappa shape index (κ3) is 2.70. The summed E-state index contributed by atoms with van der Waals surface area (Å²) in [4.78, 5) is 0. The summed E-state index contributed by atoms with van der Waals surface area (Å²) >= 11 is 3.40. The van der Waals surface area contributed by atoms with Crippen LogP contribution in [0.25, 0.3) is 0 Å². The average Bonchev–Trinajstić information content (AvgIpc) is 2.48. The molecule has 0 saturated heterocycles. The minimum Gasteiger partial charge on any atom is -0.492 e. The van der Waals surface area contributed by atoms with Gasteiger partial charge in [0.2, 0.25) is 0 Å². The van der Waals surface area contributed by atoms with Gasteiger partial charge < -0.3 is 9.47 Å². The first-order valence-corrected chi connectivity index (χ1v) is 4.83. The minimum atomic E-state index is 0.745. The highest BCUT2D eigenvalue weighted by Gasteiger charge is 2.06. The smallest absolute Gasteiger partial charge is 0.171 e. The lowest BCUT2D eigenvalue weighted by Gasteiger charge is -2.02. The Balaban J connectivity index is 2.51. The Bertz CT molecular complexity index is 263. The number of methoxy groups -OCH3 is 2. The number of aryl methyl sites for hydroxylation is 1. The molecule has 5 heteroatoms. The predicted octanol–water partition coefficient (Wildman–Crippen LogP) is 1.69. The number of nitrogens with zero attached hydrogens (tertiary/aromatic N) is 2. The van der Waals surface area contributed by atoms with Crippen LogP contribution in [0.1, 0.15) is 6.42 Å². The maximum Gasteiger partial charge on any atom is 0.171 e. The molecule has 13 heavy (non-hydrogen) atoms. The SMILES string of the molecule is COCCCn1ncc(OC)c1Br. The molecule has 0 bridgehead atoms. The van der Waals surface area contributed by atoms with Gasteiger partial charge in [0.1, 0.15) is 4.60 Å². The maximum atomic E-state index is 5.07. The topological polar surface area (TPSA) is 36.3 Å². The molecule has 0 aliphatic heterocycles. The van der Waals surface area contributed by atoms with Crippen LogP contribution in [0.3, 0.4) is 0 Å². The lowest BCUT2D eigenvalue weighted by atomic mass is 10.4. The summed E-state index contributed by atoms with van der Waals surface area (Å²) in [6, 6.07) is 0. The molecule has 0 aliphatic carbocycles. The predicted molar refractivity (Wildman–Crippen MR) is 53.0 cm³/mol. The van der Waals surface area contributed by atoms with E-state index in [0.29, 0.717) is 0 Å². The zero-order valence-electron chi connectivity index (χ0n) is 7.79. The van der Waals surface area contributed by atoms with E-state index in [1.54, 1.807) is 20.4 Å². The molecule has 0 saturated carbocycles. The second-order valence-corrected chi connectivity index (χ2v) is 3.32. The van der Waals surface area contributed by atoms with Gasteiger partial charge in [-0.25, -0.2) is 0 Å². The van der Waals surface area contributed by atoms with E-state index in [2.05, 4.69) is 21.0 Å². The molecule has 1 aromatic heterocycles. The molecule has 4 nitrogen and oxygen atoms in total. The van der Waals surface area contributed by atoms with Crippen molar-refractivity contribution < 1.29 is 9.47 Å². The molecule has 1 heterocycles. The van der Waals surface area contributed by atoms with E-state index >= 15 is 0 Å².